The van der Waals surface area contributed by atoms with Crippen molar-refractivity contribution >= 4 is 23.0 Å². The quantitative estimate of drug-likeness (QED) is 0.651. The Morgan fingerprint density at radius 3 is 2.89 bits per heavy atom. The number of hydrogen-bond donors (Lipinski definition) is 2. The number of thiophene rings is 1. The molecule has 0 saturated carbocycles. The molecule has 18 heavy (non-hydrogen) atoms. The van der Waals surface area contributed by atoms with Gasteiger partial charge in [0.15, 0.2) is 0 Å². The van der Waals surface area contributed by atoms with Gasteiger partial charge in [0, 0.05) is 20.6 Å². The van der Waals surface area contributed by atoms with Crippen molar-refractivity contribution in [2.45, 2.75) is 13.5 Å². The van der Waals surface area contributed by atoms with Crippen LogP contribution in [0.1, 0.15) is 16.8 Å². The molecular weight excluding hydrogens is 246 g/mol. The second-order valence-electron chi connectivity index (χ2n) is 4.31. The smallest absolute Gasteiger partial charge is 0.137 e. The lowest BCUT2D eigenvalue weighted by Gasteiger charge is -2.20. The zero-order valence-corrected chi connectivity index (χ0v) is 11.6. The van der Waals surface area contributed by atoms with E-state index >= 15 is 0 Å². The molecule has 0 saturated heterocycles. The number of hydrogen-bond acceptors (Lipinski definition) is 4. The number of nitrogens with two attached hydrogens (primary N) is 1. The van der Waals surface area contributed by atoms with Crippen LogP contribution in [-0.4, -0.2) is 22.7 Å². The van der Waals surface area contributed by atoms with Crippen molar-refractivity contribution in [2.75, 3.05) is 11.9 Å². The van der Waals surface area contributed by atoms with Crippen molar-refractivity contribution in [3.8, 4) is 0 Å². The number of amidine groups is 1. The van der Waals surface area contributed by atoms with Crippen LogP contribution in [0.25, 0.3) is 0 Å². The first-order valence-electron chi connectivity index (χ1n) is 5.61. The number of aromatic nitrogens is 2. The van der Waals surface area contributed by atoms with E-state index in [9.17, 15) is 0 Å². The fourth-order valence-corrected chi connectivity index (χ4v) is 2.79. The molecule has 0 unspecified atom stereocenters. The third-order valence-electron chi connectivity index (χ3n) is 2.82. The predicted molar refractivity (Wildman–Crippen MR) is 75.4 cm³/mol. The van der Waals surface area contributed by atoms with Gasteiger partial charge in [-0.2, -0.15) is 16.4 Å². The maximum absolute atomic E-state index is 7.67. The van der Waals surface area contributed by atoms with Crippen molar-refractivity contribution < 1.29 is 0 Å². The summed E-state index contributed by atoms with van der Waals surface area (Å²) in [5.74, 6) is 0.943. The van der Waals surface area contributed by atoms with Gasteiger partial charge in [0.2, 0.25) is 0 Å². The minimum Gasteiger partial charge on any atom is -0.384 e. The average Bonchev–Trinajstić information content (AvgIpc) is 2.85. The van der Waals surface area contributed by atoms with Gasteiger partial charge in [-0.1, -0.05) is 0 Å². The molecule has 0 aliphatic heterocycles. The Morgan fingerprint density at radius 1 is 1.61 bits per heavy atom. The van der Waals surface area contributed by atoms with E-state index in [-0.39, 0.29) is 5.84 Å². The molecule has 3 N–H and O–H groups in total. The van der Waals surface area contributed by atoms with Gasteiger partial charge < -0.3 is 10.6 Å². The molecule has 96 valence electrons. The summed E-state index contributed by atoms with van der Waals surface area (Å²) < 4.78 is 1.78. The van der Waals surface area contributed by atoms with Crippen molar-refractivity contribution in [2.24, 2.45) is 12.8 Å². The predicted octanol–water partition coefficient (Wildman–Crippen LogP) is 1.71. The molecule has 5 nitrogen and oxygen atoms in total. The van der Waals surface area contributed by atoms with E-state index in [0.29, 0.717) is 0 Å². The zero-order chi connectivity index (χ0) is 13.3. The molecule has 0 bridgehead atoms. The van der Waals surface area contributed by atoms with E-state index in [4.69, 9.17) is 11.1 Å². The molecule has 2 heterocycles. The SMILES string of the molecule is Cc1nn(C)c(N(C)Cc2ccsc2)c1C(=N)N. The Hall–Kier alpha value is -1.82. The highest BCUT2D eigenvalue weighted by Crippen LogP contribution is 2.23. The molecule has 0 fully saturated rings. The van der Waals surface area contributed by atoms with Crippen LogP contribution in [0, 0.1) is 12.3 Å². The Balaban J connectivity index is 2.35. The van der Waals surface area contributed by atoms with Crippen LogP contribution in [0.15, 0.2) is 16.8 Å². The first kappa shape index (κ1) is 12.6. The molecule has 0 amide bonds. The van der Waals surface area contributed by atoms with Crippen LogP contribution in [-0.2, 0) is 13.6 Å². The van der Waals surface area contributed by atoms with Gasteiger partial charge in [0.05, 0.1) is 11.3 Å². The highest BCUT2D eigenvalue weighted by Gasteiger charge is 2.19. The Morgan fingerprint density at radius 2 is 2.33 bits per heavy atom. The molecule has 2 aromatic rings. The highest BCUT2D eigenvalue weighted by molar-refractivity contribution is 7.07. The van der Waals surface area contributed by atoms with Crippen LogP contribution in [0.3, 0.4) is 0 Å². The lowest BCUT2D eigenvalue weighted by molar-refractivity contribution is 0.727. The van der Waals surface area contributed by atoms with Crippen LogP contribution in [0.4, 0.5) is 5.82 Å². The number of anilines is 1. The van der Waals surface area contributed by atoms with Gasteiger partial charge in [0.25, 0.3) is 0 Å². The molecule has 0 atom stereocenters. The van der Waals surface area contributed by atoms with Gasteiger partial charge in [-0.25, -0.2) is 0 Å². The normalized spacial score (nSPS) is 10.6. The van der Waals surface area contributed by atoms with Gasteiger partial charge in [-0.15, -0.1) is 0 Å². The van der Waals surface area contributed by atoms with Crippen molar-refractivity contribution in [3.05, 3.63) is 33.6 Å². The number of aryl methyl sites for hydroxylation is 2. The summed E-state index contributed by atoms with van der Waals surface area (Å²) >= 11 is 1.68. The lowest BCUT2D eigenvalue weighted by atomic mass is 10.2. The average molecular weight is 263 g/mol. The summed E-state index contributed by atoms with van der Waals surface area (Å²) in [5, 5.41) is 16.2. The summed E-state index contributed by atoms with van der Waals surface area (Å²) in [5.41, 5.74) is 8.40. The summed E-state index contributed by atoms with van der Waals surface area (Å²) in [6.45, 7) is 2.65. The van der Waals surface area contributed by atoms with Gasteiger partial charge in [0.1, 0.15) is 11.7 Å². The van der Waals surface area contributed by atoms with Gasteiger partial charge in [-0.3, -0.25) is 10.1 Å². The molecule has 0 radical (unpaired) electrons. The largest absolute Gasteiger partial charge is 0.384 e. The van der Waals surface area contributed by atoms with Crippen LogP contribution >= 0.6 is 11.3 Å². The first-order chi connectivity index (χ1) is 8.50. The molecule has 0 aromatic carbocycles. The molecule has 0 aliphatic carbocycles. The molecular formula is C12H17N5S. The Labute approximate surface area is 110 Å². The number of nitrogen functional groups attached to an aromatic ring is 1. The standard InChI is InChI=1S/C12H17N5S/c1-8-10(11(13)14)12(17(3)15-8)16(2)6-9-4-5-18-7-9/h4-5,7H,6H2,1-3H3,(H3,13,14). The number of rotatable bonds is 4. The second kappa shape index (κ2) is 4.81. The van der Waals surface area contributed by atoms with Crippen LogP contribution < -0.4 is 10.6 Å². The fourth-order valence-electron chi connectivity index (χ4n) is 2.13. The molecule has 6 heteroatoms. The van der Waals surface area contributed by atoms with E-state index in [1.807, 2.05) is 21.0 Å². The zero-order valence-electron chi connectivity index (χ0n) is 10.8. The van der Waals surface area contributed by atoms with E-state index in [2.05, 4.69) is 26.8 Å². The van der Waals surface area contributed by atoms with Crippen molar-refractivity contribution in [3.63, 3.8) is 0 Å². The third-order valence-corrected chi connectivity index (χ3v) is 3.55. The van der Waals surface area contributed by atoms with Gasteiger partial charge >= 0.3 is 0 Å². The molecule has 0 spiro atoms. The summed E-state index contributed by atoms with van der Waals surface area (Å²) in [6, 6.07) is 2.10. The minimum absolute atomic E-state index is 0.0627. The monoisotopic (exact) mass is 263 g/mol. The van der Waals surface area contributed by atoms with E-state index in [1.165, 1.54) is 5.56 Å². The Kier molecular flexibility index (Phi) is 3.38. The fraction of sp³-hybridized carbons (Fsp3) is 0.333. The highest BCUT2D eigenvalue weighted by atomic mass is 32.1. The topological polar surface area (TPSA) is 70.9 Å². The van der Waals surface area contributed by atoms with Crippen LogP contribution in [0.5, 0.6) is 0 Å². The second-order valence-corrected chi connectivity index (χ2v) is 5.09. The molecule has 2 rings (SSSR count). The van der Waals surface area contributed by atoms with E-state index in [0.717, 1.165) is 23.6 Å². The maximum atomic E-state index is 7.67. The molecule has 0 aliphatic rings. The van der Waals surface area contributed by atoms with Crippen molar-refractivity contribution in [1.82, 2.24) is 9.78 Å². The minimum atomic E-state index is 0.0627. The number of nitrogens with one attached hydrogen (secondary N) is 1. The Bertz CT molecular complexity index is 555. The third kappa shape index (κ3) is 2.24. The summed E-state index contributed by atoms with van der Waals surface area (Å²) in [4.78, 5) is 2.07. The van der Waals surface area contributed by atoms with E-state index < -0.39 is 0 Å². The molecule has 2 aromatic heterocycles. The van der Waals surface area contributed by atoms with Gasteiger partial charge in [-0.05, 0) is 29.3 Å². The van der Waals surface area contributed by atoms with Crippen molar-refractivity contribution in [1.29, 1.82) is 5.41 Å². The summed E-state index contributed by atoms with van der Waals surface area (Å²) in [6.07, 6.45) is 0. The van der Waals surface area contributed by atoms with E-state index in [1.54, 1.807) is 16.0 Å². The lowest BCUT2D eigenvalue weighted by Crippen LogP contribution is -2.23. The first-order valence-corrected chi connectivity index (χ1v) is 6.55. The summed E-state index contributed by atoms with van der Waals surface area (Å²) in [7, 11) is 3.86. The maximum Gasteiger partial charge on any atom is 0.137 e. The number of nitrogens with zero attached hydrogens (tertiary/aromatic N) is 3. The van der Waals surface area contributed by atoms with Crippen LogP contribution in [0.2, 0.25) is 0 Å².